The van der Waals surface area contributed by atoms with E-state index in [2.05, 4.69) is 62.2 Å². The van der Waals surface area contributed by atoms with E-state index in [9.17, 15) is 0 Å². The highest BCUT2D eigenvalue weighted by Gasteiger charge is 2.18. The van der Waals surface area contributed by atoms with E-state index >= 15 is 0 Å². The van der Waals surface area contributed by atoms with Crippen LogP contribution in [0.1, 0.15) is 40.3 Å². The van der Waals surface area contributed by atoms with Crippen molar-refractivity contribution in [2.75, 3.05) is 11.9 Å². The second kappa shape index (κ2) is 5.03. The van der Waals surface area contributed by atoms with Crippen molar-refractivity contribution < 1.29 is 0 Å². The molecule has 0 spiro atoms. The SMILES string of the molecule is CC(C)=CCNc1nccn2nc(C(C)(C)C)cc12. The fraction of sp³-hybridized carbons (Fsp3) is 0.467. The Balaban J connectivity index is 2.34. The molecule has 0 unspecified atom stereocenters. The van der Waals surface area contributed by atoms with E-state index in [0.29, 0.717) is 0 Å². The fourth-order valence-corrected chi connectivity index (χ4v) is 1.78. The molecule has 102 valence electrons. The normalized spacial score (nSPS) is 11.6. The van der Waals surface area contributed by atoms with Gasteiger partial charge in [0.1, 0.15) is 5.52 Å². The molecule has 0 aliphatic carbocycles. The van der Waals surface area contributed by atoms with Gasteiger partial charge in [-0.2, -0.15) is 5.10 Å². The average Bonchev–Trinajstić information content (AvgIpc) is 2.72. The molecule has 0 amide bonds. The minimum Gasteiger partial charge on any atom is -0.365 e. The summed E-state index contributed by atoms with van der Waals surface area (Å²) in [6, 6.07) is 2.11. The van der Waals surface area contributed by atoms with Gasteiger partial charge in [-0.15, -0.1) is 0 Å². The molecule has 0 fully saturated rings. The third-order valence-corrected chi connectivity index (χ3v) is 2.94. The van der Waals surface area contributed by atoms with Crippen molar-refractivity contribution in [3.63, 3.8) is 0 Å². The zero-order chi connectivity index (χ0) is 14.0. The summed E-state index contributed by atoms with van der Waals surface area (Å²) in [6.07, 6.45) is 5.81. The molecule has 0 saturated carbocycles. The Bertz CT molecular complexity index is 598. The van der Waals surface area contributed by atoms with Crippen LogP contribution in [0.25, 0.3) is 5.52 Å². The minimum atomic E-state index is 0.0448. The van der Waals surface area contributed by atoms with Gasteiger partial charge < -0.3 is 5.32 Å². The van der Waals surface area contributed by atoms with Gasteiger partial charge in [-0.1, -0.05) is 32.4 Å². The van der Waals surface area contributed by atoms with E-state index < -0.39 is 0 Å². The lowest BCUT2D eigenvalue weighted by molar-refractivity contribution is 0.562. The Morgan fingerprint density at radius 1 is 1.37 bits per heavy atom. The average molecular weight is 258 g/mol. The van der Waals surface area contributed by atoms with Crippen LogP contribution in [-0.2, 0) is 5.41 Å². The number of allylic oxidation sites excluding steroid dienone is 1. The predicted molar refractivity (Wildman–Crippen MR) is 79.6 cm³/mol. The molecule has 0 aliphatic rings. The first kappa shape index (κ1) is 13.6. The highest BCUT2D eigenvalue weighted by Crippen LogP contribution is 2.24. The van der Waals surface area contributed by atoms with Crippen LogP contribution >= 0.6 is 0 Å². The number of fused-ring (bicyclic) bond motifs is 1. The van der Waals surface area contributed by atoms with Crippen LogP contribution in [0.4, 0.5) is 5.82 Å². The van der Waals surface area contributed by atoms with Gasteiger partial charge in [0.15, 0.2) is 5.82 Å². The van der Waals surface area contributed by atoms with Crippen LogP contribution in [0, 0.1) is 0 Å². The lowest BCUT2D eigenvalue weighted by Gasteiger charge is -2.13. The third kappa shape index (κ3) is 3.13. The first-order valence-electron chi connectivity index (χ1n) is 6.60. The predicted octanol–water partition coefficient (Wildman–Crippen LogP) is 3.40. The number of rotatable bonds is 3. The van der Waals surface area contributed by atoms with Crippen LogP contribution in [0.2, 0.25) is 0 Å². The zero-order valence-electron chi connectivity index (χ0n) is 12.4. The molecule has 0 atom stereocenters. The van der Waals surface area contributed by atoms with Crippen LogP contribution in [0.3, 0.4) is 0 Å². The van der Waals surface area contributed by atoms with Crippen molar-refractivity contribution in [3.05, 3.63) is 35.8 Å². The molecule has 0 aromatic carbocycles. The van der Waals surface area contributed by atoms with E-state index in [0.717, 1.165) is 23.6 Å². The molecule has 1 N–H and O–H groups in total. The molecule has 0 bridgehead atoms. The zero-order valence-corrected chi connectivity index (χ0v) is 12.4. The summed E-state index contributed by atoms with van der Waals surface area (Å²) in [5.74, 6) is 0.878. The van der Waals surface area contributed by atoms with E-state index in [4.69, 9.17) is 0 Å². The topological polar surface area (TPSA) is 42.2 Å². The molecule has 4 nitrogen and oxygen atoms in total. The molecule has 0 aliphatic heterocycles. The molecule has 19 heavy (non-hydrogen) atoms. The summed E-state index contributed by atoms with van der Waals surface area (Å²) in [5.41, 5.74) is 3.44. The Morgan fingerprint density at radius 3 is 2.74 bits per heavy atom. The summed E-state index contributed by atoms with van der Waals surface area (Å²) in [6.45, 7) is 11.5. The third-order valence-electron chi connectivity index (χ3n) is 2.94. The number of nitrogens with one attached hydrogen (secondary N) is 1. The maximum absolute atomic E-state index is 4.61. The molecule has 2 rings (SSSR count). The second-order valence-corrected chi connectivity index (χ2v) is 6.05. The van der Waals surface area contributed by atoms with Crippen molar-refractivity contribution >= 4 is 11.3 Å². The van der Waals surface area contributed by atoms with Gasteiger partial charge in [0.05, 0.1) is 5.69 Å². The van der Waals surface area contributed by atoms with Gasteiger partial charge in [-0.05, 0) is 19.9 Å². The Kier molecular flexibility index (Phi) is 3.60. The van der Waals surface area contributed by atoms with Gasteiger partial charge >= 0.3 is 0 Å². The van der Waals surface area contributed by atoms with Crippen molar-refractivity contribution in [1.29, 1.82) is 0 Å². The minimum absolute atomic E-state index is 0.0448. The molecule has 2 aromatic heterocycles. The maximum Gasteiger partial charge on any atom is 0.152 e. The molecule has 2 aromatic rings. The van der Waals surface area contributed by atoms with Crippen LogP contribution < -0.4 is 5.32 Å². The number of aromatic nitrogens is 3. The molecule has 4 heteroatoms. The van der Waals surface area contributed by atoms with Gasteiger partial charge in [-0.25, -0.2) is 9.50 Å². The smallest absolute Gasteiger partial charge is 0.152 e. The van der Waals surface area contributed by atoms with Gasteiger partial charge in [0, 0.05) is 24.4 Å². The second-order valence-electron chi connectivity index (χ2n) is 6.05. The van der Waals surface area contributed by atoms with Crippen molar-refractivity contribution in [2.24, 2.45) is 0 Å². The number of anilines is 1. The van der Waals surface area contributed by atoms with Crippen LogP contribution in [0.5, 0.6) is 0 Å². The summed E-state index contributed by atoms with van der Waals surface area (Å²) >= 11 is 0. The lowest BCUT2D eigenvalue weighted by Crippen LogP contribution is -2.11. The van der Waals surface area contributed by atoms with Crippen molar-refractivity contribution in [1.82, 2.24) is 14.6 Å². The number of nitrogens with zero attached hydrogens (tertiary/aromatic N) is 3. The van der Waals surface area contributed by atoms with Gasteiger partial charge in [0.25, 0.3) is 0 Å². The molecule has 0 radical (unpaired) electrons. The fourth-order valence-electron chi connectivity index (χ4n) is 1.78. The number of hydrogen-bond donors (Lipinski definition) is 1. The molecule has 0 saturated heterocycles. The van der Waals surface area contributed by atoms with Crippen molar-refractivity contribution in [3.8, 4) is 0 Å². The summed E-state index contributed by atoms with van der Waals surface area (Å²) in [7, 11) is 0. The highest BCUT2D eigenvalue weighted by molar-refractivity contribution is 5.68. The van der Waals surface area contributed by atoms with Gasteiger partial charge in [0.2, 0.25) is 0 Å². The standard InChI is InChI=1S/C15H22N4/c1-11(2)6-7-16-14-12-10-13(15(3,4)5)18-19(12)9-8-17-14/h6,8-10H,7H2,1-5H3,(H,16,17). The summed E-state index contributed by atoms with van der Waals surface area (Å²) in [4.78, 5) is 4.40. The largest absolute Gasteiger partial charge is 0.365 e. The Labute approximate surface area is 114 Å². The summed E-state index contributed by atoms with van der Waals surface area (Å²) in [5, 5.41) is 7.94. The molecular weight excluding hydrogens is 236 g/mol. The van der Waals surface area contributed by atoms with Crippen LogP contribution in [-0.4, -0.2) is 21.1 Å². The van der Waals surface area contributed by atoms with Crippen molar-refractivity contribution in [2.45, 2.75) is 40.0 Å². The van der Waals surface area contributed by atoms with E-state index in [-0.39, 0.29) is 5.41 Å². The monoisotopic (exact) mass is 258 g/mol. The van der Waals surface area contributed by atoms with E-state index in [1.165, 1.54) is 5.57 Å². The maximum atomic E-state index is 4.61. The van der Waals surface area contributed by atoms with Crippen LogP contribution in [0.15, 0.2) is 30.1 Å². The molecule has 2 heterocycles. The quantitative estimate of drug-likeness (QED) is 0.858. The summed E-state index contributed by atoms with van der Waals surface area (Å²) < 4.78 is 1.89. The highest BCUT2D eigenvalue weighted by atomic mass is 15.2. The van der Waals surface area contributed by atoms with Gasteiger partial charge in [-0.3, -0.25) is 0 Å². The number of hydrogen-bond acceptors (Lipinski definition) is 3. The first-order chi connectivity index (χ1) is 8.88. The molecular formula is C15H22N4. The Hall–Kier alpha value is -1.84. The van der Waals surface area contributed by atoms with E-state index in [1.54, 1.807) is 6.20 Å². The lowest BCUT2D eigenvalue weighted by atomic mass is 9.92. The van der Waals surface area contributed by atoms with E-state index in [1.807, 2.05) is 10.7 Å². The first-order valence-corrected chi connectivity index (χ1v) is 6.60. The Morgan fingerprint density at radius 2 is 2.11 bits per heavy atom.